The lowest BCUT2D eigenvalue weighted by Crippen LogP contribution is -2.47. The fourth-order valence-corrected chi connectivity index (χ4v) is 4.63. The van der Waals surface area contributed by atoms with Gasteiger partial charge in [-0.1, -0.05) is 12.1 Å². The molecule has 0 saturated carbocycles. The van der Waals surface area contributed by atoms with Crippen LogP contribution >= 0.6 is 0 Å². The Morgan fingerprint density at radius 3 is 2.80 bits per heavy atom. The predicted octanol–water partition coefficient (Wildman–Crippen LogP) is 1.78. The minimum absolute atomic E-state index is 0.269. The van der Waals surface area contributed by atoms with Gasteiger partial charge in [-0.05, 0) is 42.2 Å². The third kappa shape index (κ3) is 3.85. The summed E-state index contributed by atoms with van der Waals surface area (Å²) in [6.45, 7) is 6.40. The van der Waals surface area contributed by atoms with Gasteiger partial charge in [0, 0.05) is 56.5 Å². The molecular formula is C23H28N6O. The second-order valence-corrected chi connectivity index (χ2v) is 8.29. The van der Waals surface area contributed by atoms with Crippen molar-refractivity contribution in [3.63, 3.8) is 0 Å². The molecule has 5 rings (SSSR count). The highest BCUT2D eigenvalue weighted by molar-refractivity contribution is 5.81. The zero-order valence-corrected chi connectivity index (χ0v) is 17.2. The van der Waals surface area contributed by atoms with E-state index >= 15 is 0 Å². The van der Waals surface area contributed by atoms with Crippen molar-refractivity contribution in [3.05, 3.63) is 53.9 Å². The molecule has 7 nitrogen and oxygen atoms in total. The predicted molar refractivity (Wildman–Crippen MR) is 120 cm³/mol. The first-order chi connectivity index (χ1) is 14.7. The van der Waals surface area contributed by atoms with E-state index in [0.717, 1.165) is 69.1 Å². The molecule has 2 aliphatic rings. The molecule has 0 bridgehead atoms. The van der Waals surface area contributed by atoms with Gasteiger partial charge in [-0.15, -0.1) is 0 Å². The van der Waals surface area contributed by atoms with Gasteiger partial charge in [-0.2, -0.15) is 0 Å². The van der Waals surface area contributed by atoms with E-state index in [0.29, 0.717) is 6.54 Å². The number of hydrogen-bond acceptors (Lipinski definition) is 5. The van der Waals surface area contributed by atoms with Crippen LogP contribution in [-0.4, -0.2) is 66.6 Å². The minimum atomic E-state index is -0.269. The second kappa shape index (κ2) is 7.99. The molecule has 3 aromatic rings. The molecule has 2 aliphatic heterocycles. The Balaban J connectivity index is 1.14. The van der Waals surface area contributed by atoms with Crippen molar-refractivity contribution in [1.29, 1.82) is 0 Å². The first-order valence-electron chi connectivity index (χ1n) is 10.7. The van der Waals surface area contributed by atoms with Crippen LogP contribution in [0.2, 0.25) is 0 Å². The fraction of sp³-hybridized carbons (Fsp3) is 0.391. The van der Waals surface area contributed by atoms with Crippen molar-refractivity contribution in [2.24, 2.45) is 5.73 Å². The van der Waals surface area contributed by atoms with Crippen LogP contribution < -0.4 is 15.5 Å². The van der Waals surface area contributed by atoms with Crippen LogP contribution in [0.5, 0.6) is 0 Å². The number of aromatic amines is 1. The highest BCUT2D eigenvalue weighted by atomic mass is 16.1. The summed E-state index contributed by atoms with van der Waals surface area (Å²) in [4.78, 5) is 26.1. The van der Waals surface area contributed by atoms with E-state index in [9.17, 15) is 4.79 Å². The SMILES string of the molecule is NC(=O)CN1CCc2cc(CCN3CCN(c4cc5cc[nH]c5cn4)CC3)ccc21. The topological polar surface area (TPSA) is 81.5 Å². The first kappa shape index (κ1) is 18.9. The highest BCUT2D eigenvalue weighted by Gasteiger charge is 2.21. The van der Waals surface area contributed by atoms with E-state index in [1.807, 2.05) is 12.4 Å². The van der Waals surface area contributed by atoms with Crippen molar-refractivity contribution in [1.82, 2.24) is 14.9 Å². The Kier molecular flexibility index (Phi) is 5.04. The number of rotatable bonds is 6. The number of primary amides is 1. The number of carbonyl (C=O) groups is 1. The summed E-state index contributed by atoms with van der Waals surface area (Å²) in [6, 6.07) is 10.9. The van der Waals surface area contributed by atoms with Crippen LogP contribution in [0.15, 0.2) is 42.7 Å². The van der Waals surface area contributed by atoms with E-state index in [1.165, 1.54) is 16.5 Å². The number of aromatic nitrogens is 2. The molecule has 4 heterocycles. The molecule has 3 N–H and O–H groups in total. The Morgan fingerprint density at radius 2 is 1.97 bits per heavy atom. The van der Waals surface area contributed by atoms with Gasteiger partial charge in [-0.25, -0.2) is 4.98 Å². The van der Waals surface area contributed by atoms with Crippen LogP contribution in [0.4, 0.5) is 11.5 Å². The molecule has 0 radical (unpaired) electrons. The number of hydrogen-bond donors (Lipinski definition) is 2. The molecule has 1 amide bonds. The normalized spacial score (nSPS) is 16.9. The third-order valence-corrected chi connectivity index (χ3v) is 6.32. The molecule has 0 atom stereocenters. The summed E-state index contributed by atoms with van der Waals surface area (Å²) in [6.07, 6.45) is 5.93. The van der Waals surface area contributed by atoms with Gasteiger partial charge in [0.05, 0.1) is 18.3 Å². The van der Waals surface area contributed by atoms with Crippen LogP contribution in [0.3, 0.4) is 0 Å². The molecule has 2 aromatic heterocycles. The van der Waals surface area contributed by atoms with Crippen molar-refractivity contribution in [3.8, 4) is 0 Å². The summed E-state index contributed by atoms with van der Waals surface area (Å²) in [5, 5.41) is 1.22. The molecular weight excluding hydrogens is 376 g/mol. The van der Waals surface area contributed by atoms with Crippen LogP contribution in [-0.2, 0) is 17.6 Å². The summed E-state index contributed by atoms with van der Waals surface area (Å²) < 4.78 is 0. The number of fused-ring (bicyclic) bond motifs is 2. The fourth-order valence-electron chi connectivity index (χ4n) is 4.63. The van der Waals surface area contributed by atoms with Gasteiger partial charge in [0.2, 0.25) is 5.91 Å². The van der Waals surface area contributed by atoms with Gasteiger partial charge in [-0.3, -0.25) is 9.69 Å². The molecule has 0 spiro atoms. The number of nitrogens with two attached hydrogens (primary N) is 1. The molecule has 0 unspecified atom stereocenters. The van der Waals surface area contributed by atoms with Gasteiger partial charge in [0.1, 0.15) is 5.82 Å². The minimum Gasteiger partial charge on any atom is -0.368 e. The standard InChI is InChI=1S/C23H28N6O/c24-22(30)16-29-8-5-19-13-17(1-2-21(19)29)4-7-27-9-11-28(12-10-27)23-14-18-3-6-25-20(18)15-26-23/h1-3,6,13-15,25H,4-5,7-12,16H2,(H2,24,30). The number of carbonyl (C=O) groups excluding carboxylic acids is 1. The lowest BCUT2D eigenvalue weighted by Gasteiger charge is -2.35. The number of amides is 1. The second-order valence-electron chi connectivity index (χ2n) is 8.29. The third-order valence-electron chi connectivity index (χ3n) is 6.32. The van der Waals surface area contributed by atoms with Crippen molar-refractivity contribution >= 4 is 28.3 Å². The lowest BCUT2D eigenvalue weighted by atomic mass is 10.1. The number of nitrogens with one attached hydrogen (secondary N) is 1. The average molecular weight is 405 g/mol. The molecule has 156 valence electrons. The summed E-state index contributed by atoms with van der Waals surface area (Å²) in [5.74, 6) is 0.801. The van der Waals surface area contributed by atoms with E-state index < -0.39 is 0 Å². The molecule has 1 aromatic carbocycles. The van der Waals surface area contributed by atoms with Crippen molar-refractivity contribution in [2.75, 3.05) is 55.6 Å². The Bertz CT molecular complexity index is 1050. The van der Waals surface area contributed by atoms with Gasteiger partial charge >= 0.3 is 0 Å². The van der Waals surface area contributed by atoms with E-state index in [2.05, 4.69) is 55.0 Å². The number of anilines is 2. The maximum atomic E-state index is 11.2. The molecule has 1 saturated heterocycles. The van der Waals surface area contributed by atoms with Crippen LogP contribution in [0.1, 0.15) is 11.1 Å². The molecule has 0 aliphatic carbocycles. The number of nitrogens with zero attached hydrogens (tertiary/aromatic N) is 4. The van der Waals surface area contributed by atoms with Crippen LogP contribution in [0.25, 0.3) is 10.9 Å². The van der Waals surface area contributed by atoms with E-state index in [1.54, 1.807) is 0 Å². The zero-order valence-electron chi connectivity index (χ0n) is 17.2. The molecule has 1 fully saturated rings. The lowest BCUT2D eigenvalue weighted by molar-refractivity contribution is -0.116. The summed E-state index contributed by atoms with van der Waals surface area (Å²) in [7, 11) is 0. The van der Waals surface area contributed by atoms with Gasteiger partial charge in [0.15, 0.2) is 0 Å². The maximum Gasteiger partial charge on any atom is 0.236 e. The van der Waals surface area contributed by atoms with E-state index in [-0.39, 0.29) is 5.91 Å². The summed E-state index contributed by atoms with van der Waals surface area (Å²) in [5.41, 5.74) is 10.3. The van der Waals surface area contributed by atoms with Crippen molar-refractivity contribution < 1.29 is 4.79 Å². The monoisotopic (exact) mass is 404 g/mol. The van der Waals surface area contributed by atoms with Crippen molar-refractivity contribution in [2.45, 2.75) is 12.8 Å². The quantitative estimate of drug-likeness (QED) is 0.655. The van der Waals surface area contributed by atoms with Gasteiger partial charge < -0.3 is 20.5 Å². The number of H-pyrrole nitrogens is 1. The average Bonchev–Trinajstić information content (AvgIpc) is 3.38. The maximum absolute atomic E-state index is 11.2. The smallest absolute Gasteiger partial charge is 0.236 e. The van der Waals surface area contributed by atoms with Crippen LogP contribution in [0, 0.1) is 0 Å². The Morgan fingerprint density at radius 1 is 1.10 bits per heavy atom. The van der Waals surface area contributed by atoms with Gasteiger partial charge in [0.25, 0.3) is 0 Å². The number of benzene rings is 1. The van der Waals surface area contributed by atoms with E-state index in [4.69, 9.17) is 5.73 Å². The molecule has 30 heavy (non-hydrogen) atoms. The zero-order chi connectivity index (χ0) is 20.5. The Labute approximate surface area is 176 Å². The molecule has 7 heteroatoms. The Hall–Kier alpha value is -3.06. The highest BCUT2D eigenvalue weighted by Crippen LogP contribution is 2.28. The first-order valence-corrected chi connectivity index (χ1v) is 10.7. The summed E-state index contributed by atoms with van der Waals surface area (Å²) >= 11 is 0. The number of piperazine rings is 1. The largest absolute Gasteiger partial charge is 0.368 e. The number of pyridine rings is 1.